The molecular weight excluding hydrogens is 556 g/mol. The highest BCUT2D eigenvalue weighted by Gasteiger charge is 2.43. The van der Waals surface area contributed by atoms with Crippen molar-refractivity contribution in [3.05, 3.63) is 69.9 Å². The Balaban J connectivity index is 1.56. The zero-order valence-corrected chi connectivity index (χ0v) is 20.1. The molecule has 2 N–H and O–H groups in total. The molecule has 1 aromatic heterocycles. The van der Waals surface area contributed by atoms with Gasteiger partial charge in [0.05, 0.1) is 26.8 Å². The average Bonchev–Trinajstić information content (AvgIpc) is 3.31. The summed E-state index contributed by atoms with van der Waals surface area (Å²) in [7, 11) is 0. The zero-order chi connectivity index (χ0) is 28.5. The van der Waals surface area contributed by atoms with Crippen molar-refractivity contribution in [1.29, 1.82) is 0 Å². The molecule has 1 aliphatic heterocycles. The van der Waals surface area contributed by atoms with Gasteiger partial charge >= 0.3 is 18.3 Å². The second kappa shape index (κ2) is 10.4. The number of carbonyl (C=O) groups excluding carboxylic acids is 4. The molecule has 0 radical (unpaired) electrons. The number of ketones is 1. The van der Waals surface area contributed by atoms with E-state index in [1.807, 2.05) is 0 Å². The van der Waals surface area contributed by atoms with E-state index in [1.165, 1.54) is 18.2 Å². The monoisotopic (exact) mass is 571 g/mol. The molecule has 0 saturated carbocycles. The van der Waals surface area contributed by atoms with E-state index in [4.69, 9.17) is 0 Å². The van der Waals surface area contributed by atoms with E-state index < -0.39 is 46.5 Å². The van der Waals surface area contributed by atoms with Gasteiger partial charge in [-0.3, -0.25) is 14.4 Å². The number of carbonyl (C=O) groups is 4. The minimum atomic E-state index is -5.32. The lowest BCUT2D eigenvalue weighted by molar-refractivity contribution is -0.189. The molecule has 2 heterocycles. The maximum Gasteiger partial charge on any atom is 0.491 e. The Morgan fingerprint density at radius 3 is 2.23 bits per heavy atom. The van der Waals surface area contributed by atoms with Crippen LogP contribution in [0.1, 0.15) is 29.7 Å². The number of hydrogen-bond acceptors (Lipinski definition) is 7. The second-order valence-corrected chi connectivity index (χ2v) is 9.00. The van der Waals surface area contributed by atoms with Crippen LogP contribution in [0.15, 0.2) is 54.6 Å². The molecule has 4 rings (SSSR count). The van der Waals surface area contributed by atoms with E-state index in [1.54, 1.807) is 18.2 Å². The molecule has 3 aromatic rings. The highest BCUT2D eigenvalue weighted by Crippen LogP contribution is 2.39. The molecule has 0 saturated heterocycles. The summed E-state index contributed by atoms with van der Waals surface area (Å²) < 4.78 is 80.9. The van der Waals surface area contributed by atoms with Crippen LogP contribution in [-0.4, -0.2) is 49.0 Å². The van der Waals surface area contributed by atoms with Gasteiger partial charge in [-0.1, -0.05) is 18.2 Å². The standard InChI is InChI=1S/C24H15F6N3O5S/c25-23(26,27)19(34)16-8-9-17(39-16)20(35)31-10-11-33-14-6-2-1-4-12(14)32-13-5-3-7-15(18(13)21(33)36)38-22(37)24(28,29)30/h1-9,32H,10-11H2,(H,31,35). The largest absolute Gasteiger partial charge is 0.491 e. The fraction of sp³-hybridized carbons (Fsp3) is 0.167. The van der Waals surface area contributed by atoms with Gasteiger partial charge < -0.3 is 20.3 Å². The van der Waals surface area contributed by atoms with Gasteiger partial charge in [-0.05, 0) is 36.4 Å². The number of esters is 1. The van der Waals surface area contributed by atoms with Gasteiger partial charge in [-0.15, -0.1) is 11.3 Å². The van der Waals surface area contributed by atoms with E-state index in [-0.39, 0.29) is 34.9 Å². The fourth-order valence-corrected chi connectivity index (χ4v) is 4.50. The van der Waals surface area contributed by atoms with Crippen LogP contribution >= 0.6 is 11.3 Å². The summed E-state index contributed by atoms with van der Waals surface area (Å²) in [5, 5.41) is 5.35. The number of amides is 2. The average molecular weight is 571 g/mol. The molecular formula is C24H15F6N3O5S. The number of para-hydroxylation sites is 2. The topological polar surface area (TPSA) is 105 Å². The number of anilines is 3. The first kappa shape index (κ1) is 27.6. The number of nitrogens with zero attached hydrogens (tertiary/aromatic N) is 1. The summed E-state index contributed by atoms with van der Waals surface area (Å²) in [5.74, 6) is -6.92. The predicted octanol–water partition coefficient (Wildman–Crippen LogP) is 5.09. The van der Waals surface area contributed by atoms with Gasteiger partial charge in [-0.25, -0.2) is 4.79 Å². The van der Waals surface area contributed by atoms with Crippen LogP contribution < -0.4 is 20.3 Å². The van der Waals surface area contributed by atoms with Crippen molar-refractivity contribution in [2.75, 3.05) is 23.3 Å². The van der Waals surface area contributed by atoms with Gasteiger partial charge in [0, 0.05) is 13.1 Å². The molecule has 2 amide bonds. The molecule has 2 aromatic carbocycles. The van der Waals surface area contributed by atoms with Crippen LogP contribution in [0.3, 0.4) is 0 Å². The number of alkyl halides is 6. The number of hydrogen-bond donors (Lipinski definition) is 2. The molecule has 0 aliphatic carbocycles. The summed E-state index contributed by atoms with van der Waals surface area (Å²) in [4.78, 5) is 49.1. The first-order chi connectivity index (χ1) is 18.3. The molecule has 0 unspecified atom stereocenters. The Morgan fingerprint density at radius 2 is 1.54 bits per heavy atom. The number of ether oxygens (including phenoxy) is 1. The molecule has 0 spiro atoms. The normalized spacial score (nSPS) is 13.1. The SMILES string of the molecule is O=C(NCCN1C(=O)c2c(cccc2OC(=O)C(F)(F)F)Nc2ccccc21)c1ccc(C(=O)C(F)(F)F)s1. The van der Waals surface area contributed by atoms with E-state index in [9.17, 15) is 45.5 Å². The highest BCUT2D eigenvalue weighted by atomic mass is 32.1. The quantitative estimate of drug-likeness (QED) is 0.185. The Bertz CT molecular complexity index is 1470. The van der Waals surface area contributed by atoms with Crippen LogP contribution in [-0.2, 0) is 4.79 Å². The number of Topliss-reactive ketones (excluding diaryl/α,β-unsaturated/α-hetero) is 1. The number of nitrogens with one attached hydrogen (secondary N) is 2. The third-order valence-electron chi connectivity index (χ3n) is 5.32. The molecule has 1 aliphatic rings. The van der Waals surface area contributed by atoms with Gasteiger partial charge in [0.2, 0.25) is 0 Å². The molecule has 8 nitrogen and oxygen atoms in total. The van der Waals surface area contributed by atoms with Gasteiger partial charge in [0.15, 0.2) is 0 Å². The maximum absolute atomic E-state index is 13.5. The summed E-state index contributed by atoms with van der Waals surface area (Å²) in [5.41, 5.74) is 0.358. The van der Waals surface area contributed by atoms with E-state index in [2.05, 4.69) is 15.4 Å². The van der Waals surface area contributed by atoms with Crippen molar-refractivity contribution in [3.8, 4) is 5.75 Å². The molecule has 0 fully saturated rings. The minimum absolute atomic E-state index is 0.0620. The Morgan fingerprint density at radius 1 is 0.872 bits per heavy atom. The summed E-state index contributed by atoms with van der Waals surface area (Å²) >= 11 is 0.342. The van der Waals surface area contributed by atoms with Crippen LogP contribution in [0.4, 0.5) is 43.4 Å². The van der Waals surface area contributed by atoms with Crippen LogP contribution in [0.2, 0.25) is 0 Å². The summed E-state index contributed by atoms with van der Waals surface area (Å²) in [6.45, 7) is -0.469. The van der Waals surface area contributed by atoms with Crippen molar-refractivity contribution in [2.24, 2.45) is 0 Å². The summed E-state index contributed by atoms with van der Waals surface area (Å²) in [6.07, 6.45) is -10.4. The molecule has 204 valence electrons. The highest BCUT2D eigenvalue weighted by molar-refractivity contribution is 7.16. The van der Waals surface area contributed by atoms with Crippen molar-refractivity contribution < 1.29 is 50.3 Å². The third-order valence-corrected chi connectivity index (χ3v) is 6.40. The van der Waals surface area contributed by atoms with E-state index in [0.29, 0.717) is 17.0 Å². The second-order valence-electron chi connectivity index (χ2n) is 7.91. The first-order valence-electron chi connectivity index (χ1n) is 10.9. The first-order valence-corrected chi connectivity index (χ1v) is 11.7. The zero-order valence-electron chi connectivity index (χ0n) is 19.3. The smallest absolute Gasteiger partial charge is 0.419 e. The number of benzene rings is 2. The molecule has 0 atom stereocenters. The lowest BCUT2D eigenvalue weighted by Crippen LogP contribution is -2.38. The number of thiophene rings is 1. The molecule has 39 heavy (non-hydrogen) atoms. The van der Waals surface area contributed by atoms with Gasteiger partial charge in [0.1, 0.15) is 11.3 Å². The Kier molecular flexibility index (Phi) is 7.37. The van der Waals surface area contributed by atoms with Crippen molar-refractivity contribution in [1.82, 2.24) is 5.32 Å². The van der Waals surface area contributed by atoms with Crippen molar-refractivity contribution in [3.63, 3.8) is 0 Å². The molecule has 15 heteroatoms. The summed E-state index contributed by atoms with van der Waals surface area (Å²) in [6, 6.07) is 12.0. The molecule has 0 bridgehead atoms. The van der Waals surface area contributed by atoms with Gasteiger partial charge in [0.25, 0.3) is 17.6 Å². The van der Waals surface area contributed by atoms with Crippen LogP contribution in [0.25, 0.3) is 0 Å². The Hall–Kier alpha value is -4.40. The van der Waals surface area contributed by atoms with Crippen LogP contribution in [0.5, 0.6) is 5.75 Å². The Labute approximate surface area is 219 Å². The minimum Gasteiger partial charge on any atom is -0.419 e. The van der Waals surface area contributed by atoms with Crippen LogP contribution in [0, 0.1) is 0 Å². The lowest BCUT2D eigenvalue weighted by Gasteiger charge is -2.23. The van der Waals surface area contributed by atoms with E-state index in [0.717, 1.165) is 23.1 Å². The van der Waals surface area contributed by atoms with Crippen molar-refractivity contribution >= 4 is 52.0 Å². The predicted molar refractivity (Wildman–Crippen MR) is 127 cm³/mol. The maximum atomic E-state index is 13.5. The number of halogens is 6. The number of rotatable bonds is 6. The fourth-order valence-electron chi connectivity index (χ4n) is 3.61. The number of fused-ring (bicyclic) bond motifs is 2. The van der Waals surface area contributed by atoms with Crippen molar-refractivity contribution in [2.45, 2.75) is 12.4 Å². The lowest BCUT2D eigenvalue weighted by atomic mass is 10.1. The third kappa shape index (κ3) is 5.87. The van der Waals surface area contributed by atoms with E-state index >= 15 is 0 Å². The van der Waals surface area contributed by atoms with Gasteiger partial charge in [-0.2, -0.15) is 26.3 Å².